The lowest BCUT2D eigenvalue weighted by Gasteiger charge is -2.26. The minimum Gasteiger partial charge on any atom is -0.508 e. The van der Waals surface area contributed by atoms with E-state index in [1.807, 2.05) is 12.1 Å². The highest BCUT2D eigenvalue weighted by Gasteiger charge is 2.19. The van der Waals surface area contributed by atoms with Gasteiger partial charge in [-0.05, 0) is 70.3 Å². The molecule has 0 saturated heterocycles. The summed E-state index contributed by atoms with van der Waals surface area (Å²) >= 11 is 0. The van der Waals surface area contributed by atoms with Crippen LogP contribution in [0.25, 0.3) is 21.9 Å². The topological polar surface area (TPSA) is 20.2 Å². The first kappa shape index (κ1) is 15.3. The minimum atomic E-state index is 0.321. The third-order valence-corrected chi connectivity index (χ3v) is 5.56. The standard InChI is InChI=1S/C23H24O/c1-16-2-4-17(5-3-16)18-6-8-19(9-7-18)21-11-10-20-12-13-23(24)15-22(20)14-21/h6-17,24H,2-5H2,1H3. The zero-order valence-electron chi connectivity index (χ0n) is 14.2. The molecule has 0 spiro atoms. The van der Waals surface area contributed by atoms with Crippen molar-refractivity contribution in [3.05, 3.63) is 66.2 Å². The van der Waals surface area contributed by atoms with Gasteiger partial charge < -0.3 is 5.11 Å². The number of phenols is 1. The zero-order valence-corrected chi connectivity index (χ0v) is 14.2. The van der Waals surface area contributed by atoms with Gasteiger partial charge in [0.05, 0.1) is 0 Å². The molecule has 1 aliphatic rings. The molecule has 0 bridgehead atoms. The van der Waals surface area contributed by atoms with Gasteiger partial charge in [-0.25, -0.2) is 0 Å². The smallest absolute Gasteiger partial charge is 0.116 e. The molecule has 0 heterocycles. The van der Waals surface area contributed by atoms with E-state index in [1.165, 1.54) is 42.4 Å². The first-order chi connectivity index (χ1) is 11.7. The highest BCUT2D eigenvalue weighted by molar-refractivity contribution is 5.88. The summed E-state index contributed by atoms with van der Waals surface area (Å²) in [5.74, 6) is 1.96. The van der Waals surface area contributed by atoms with Crippen molar-refractivity contribution in [3.8, 4) is 16.9 Å². The Labute approximate surface area is 144 Å². The van der Waals surface area contributed by atoms with Crippen LogP contribution >= 0.6 is 0 Å². The lowest BCUT2D eigenvalue weighted by Crippen LogP contribution is -2.10. The summed E-state index contributed by atoms with van der Waals surface area (Å²) in [5, 5.41) is 11.9. The molecule has 1 nitrogen and oxygen atoms in total. The first-order valence-corrected chi connectivity index (χ1v) is 9.02. The maximum atomic E-state index is 9.69. The lowest BCUT2D eigenvalue weighted by molar-refractivity contribution is 0.348. The molecule has 0 aliphatic heterocycles. The van der Waals surface area contributed by atoms with Crippen LogP contribution in [0.5, 0.6) is 5.75 Å². The fourth-order valence-corrected chi connectivity index (χ4v) is 3.95. The van der Waals surface area contributed by atoms with E-state index >= 15 is 0 Å². The molecule has 24 heavy (non-hydrogen) atoms. The highest BCUT2D eigenvalue weighted by Crippen LogP contribution is 2.36. The van der Waals surface area contributed by atoms with Gasteiger partial charge in [-0.2, -0.15) is 0 Å². The number of rotatable bonds is 2. The van der Waals surface area contributed by atoms with Crippen molar-refractivity contribution in [2.45, 2.75) is 38.5 Å². The number of phenolic OH excluding ortho intramolecular Hbond substituents is 1. The molecule has 0 atom stereocenters. The fourth-order valence-electron chi connectivity index (χ4n) is 3.95. The van der Waals surface area contributed by atoms with E-state index in [2.05, 4.69) is 49.4 Å². The molecule has 4 rings (SSSR count). The molecule has 1 aliphatic carbocycles. The Morgan fingerprint density at radius 3 is 2.12 bits per heavy atom. The monoisotopic (exact) mass is 316 g/mol. The Morgan fingerprint density at radius 2 is 1.38 bits per heavy atom. The summed E-state index contributed by atoms with van der Waals surface area (Å²) in [6.07, 6.45) is 5.38. The molecule has 3 aromatic carbocycles. The van der Waals surface area contributed by atoms with Crippen molar-refractivity contribution in [2.24, 2.45) is 5.92 Å². The Balaban J connectivity index is 1.60. The van der Waals surface area contributed by atoms with Crippen molar-refractivity contribution in [1.29, 1.82) is 0 Å². The van der Waals surface area contributed by atoms with Crippen LogP contribution in [-0.4, -0.2) is 5.11 Å². The second-order valence-electron chi connectivity index (χ2n) is 7.33. The van der Waals surface area contributed by atoms with Crippen LogP contribution in [0.3, 0.4) is 0 Å². The van der Waals surface area contributed by atoms with Crippen LogP contribution in [0.15, 0.2) is 60.7 Å². The Kier molecular flexibility index (Phi) is 4.02. The number of hydrogen-bond acceptors (Lipinski definition) is 1. The van der Waals surface area contributed by atoms with E-state index < -0.39 is 0 Å². The van der Waals surface area contributed by atoms with Crippen LogP contribution in [0.2, 0.25) is 0 Å². The van der Waals surface area contributed by atoms with E-state index in [9.17, 15) is 5.11 Å². The van der Waals surface area contributed by atoms with Gasteiger partial charge in [-0.15, -0.1) is 0 Å². The van der Waals surface area contributed by atoms with Crippen molar-refractivity contribution in [2.75, 3.05) is 0 Å². The van der Waals surface area contributed by atoms with Gasteiger partial charge in [-0.1, -0.05) is 62.2 Å². The van der Waals surface area contributed by atoms with Crippen LogP contribution < -0.4 is 0 Å². The van der Waals surface area contributed by atoms with E-state index in [0.717, 1.165) is 22.6 Å². The number of hydrogen-bond donors (Lipinski definition) is 1. The molecule has 0 unspecified atom stereocenters. The summed E-state index contributed by atoms with van der Waals surface area (Å²) < 4.78 is 0. The maximum absolute atomic E-state index is 9.69. The molecule has 1 saturated carbocycles. The molecule has 1 heteroatoms. The summed E-state index contributed by atoms with van der Waals surface area (Å²) in [4.78, 5) is 0. The predicted octanol–water partition coefficient (Wildman–Crippen LogP) is 6.51. The predicted molar refractivity (Wildman–Crippen MR) is 101 cm³/mol. The molecule has 1 fully saturated rings. The van der Waals surface area contributed by atoms with Gasteiger partial charge in [0.25, 0.3) is 0 Å². The van der Waals surface area contributed by atoms with Crippen molar-refractivity contribution in [3.63, 3.8) is 0 Å². The Hall–Kier alpha value is -2.28. The zero-order chi connectivity index (χ0) is 16.5. The largest absolute Gasteiger partial charge is 0.508 e. The number of aromatic hydroxyl groups is 1. The van der Waals surface area contributed by atoms with E-state index in [0.29, 0.717) is 5.75 Å². The normalized spacial score (nSPS) is 21.0. The molecule has 3 aromatic rings. The number of benzene rings is 3. The SMILES string of the molecule is CC1CCC(c2ccc(-c3ccc4ccc(O)cc4c3)cc2)CC1. The molecular weight excluding hydrogens is 292 g/mol. The van der Waals surface area contributed by atoms with Crippen LogP contribution in [0.1, 0.15) is 44.1 Å². The maximum Gasteiger partial charge on any atom is 0.116 e. The van der Waals surface area contributed by atoms with Crippen molar-refractivity contribution < 1.29 is 5.11 Å². The summed E-state index contributed by atoms with van der Waals surface area (Å²) in [5.41, 5.74) is 3.94. The van der Waals surface area contributed by atoms with Gasteiger partial charge in [0.15, 0.2) is 0 Å². The molecule has 0 amide bonds. The second-order valence-corrected chi connectivity index (χ2v) is 7.33. The Bertz CT molecular complexity index is 840. The van der Waals surface area contributed by atoms with E-state index in [1.54, 1.807) is 6.07 Å². The average Bonchev–Trinajstić information content (AvgIpc) is 2.62. The second kappa shape index (κ2) is 6.32. The average molecular weight is 316 g/mol. The van der Waals surface area contributed by atoms with E-state index in [4.69, 9.17) is 0 Å². The fraction of sp³-hybridized carbons (Fsp3) is 0.304. The summed E-state index contributed by atoms with van der Waals surface area (Å²) in [7, 11) is 0. The van der Waals surface area contributed by atoms with Crippen molar-refractivity contribution >= 4 is 10.8 Å². The molecule has 1 N–H and O–H groups in total. The summed E-state index contributed by atoms with van der Waals surface area (Å²) in [6, 6.07) is 21.1. The first-order valence-electron chi connectivity index (χ1n) is 9.02. The molecular formula is C23H24O. The van der Waals surface area contributed by atoms with Gasteiger partial charge in [0.2, 0.25) is 0 Å². The Morgan fingerprint density at radius 1 is 0.708 bits per heavy atom. The van der Waals surface area contributed by atoms with Gasteiger partial charge in [-0.3, -0.25) is 0 Å². The van der Waals surface area contributed by atoms with Gasteiger partial charge >= 0.3 is 0 Å². The molecule has 122 valence electrons. The number of fused-ring (bicyclic) bond motifs is 1. The van der Waals surface area contributed by atoms with Crippen LogP contribution in [0.4, 0.5) is 0 Å². The van der Waals surface area contributed by atoms with E-state index in [-0.39, 0.29) is 0 Å². The minimum absolute atomic E-state index is 0.321. The molecule has 0 radical (unpaired) electrons. The third kappa shape index (κ3) is 3.03. The van der Waals surface area contributed by atoms with Gasteiger partial charge in [0.1, 0.15) is 5.75 Å². The van der Waals surface area contributed by atoms with Crippen LogP contribution in [0, 0.1) is 5.92 Å². The molecule has 0 aromatic heterocycles. The van der Waals surface area contributed by atoms with Crippen LogP contribution in [-0.2, 0) is 0 Å². The third-order valence-electron chi connectivity index (χ3n) is 5.56. The van der Waals surface area contributed by atoms with Gasteiger partial charge in [0, 0.05) is 0 Å². The van der Waals surface area contributed by atoms with Crippen molar-refractivity contribution in [1.82, 2.24) is 0 Å². The highest BCUT2D eigenvalue weighted by atomic mass is 16.3. The quantitative estimate of drug-likeness (QED) is 0.571. The summed E-state index contributed by atoms with van der Waals surface area (Å²) in [6.45, 7) is 2.37. The lowest BCUT2D eigenvalue weighted by atomic mass is 9.79.